The second-order valence-corrected chi connectivity index (χ2v) is 3.94. The first-order valence-corrected chi connectivity index (χ1v) is 5.34. The highest BCUT2D eigenvalue weighted by molar-refractivity contribution is 5.77. The van der Waals surface area contributed by atoms with Gasteiger partial charge in [-0.25, -0.2) is 4.79 Å². The monoisotopic (exact) mass is 253 g/mol. The quantitative estimate of drug-likeness (QED) is 0.685. The Hall–Kier alpha value is -2.08. The molecule has 0 aliphatic rings. The molecule has 0 spiro atoms. The zero-order valence-corrected chi connectivity index (χ0v) is 9.87. The molecular weight excluding hydrogens is 238 g/mol. The fourth-order valence-corrected chi connectivity index (χ4v) is 1.31. The van der Waals surface area contributed by atoms with Crippen LogP contribution in [0.1, 0.15) is 12.0 Å². The molecule has 0 aromatic heterocycles. The van der Waals surface area contributed by atoms with Gasteiger partial charge in [-0.15, -0.1) is 0 Å². The van der Waals surface area contributed by atoms with Crippen LogP contribution in [0.15, 0.2) is 24.3 Å². The summed E-state index contributed by atoms with van der Waals surface area (Å²) in [5, 5.41) is 17.6. The highest BCUT2D eigenvalue weighted by Gasteiger charge is 2.26. The molecule has 98 valence electrons. The molecule has 0 unspecified atom stereocenters. The van der Waals surface area contributed by atoms with Crippen LogP contribution in [0.25, 0.3) is 0 Å². The standard InChI is InChI=1S/C12H15NO5/c1-7-2-4-8(5-3-7)18-10(12(16)17)6-9(13)11(14)15/h2-5,9-10H,6,13H2,1H3,(H,14,15)(H,16,17)/t9-,10-/m0/s1. The van der Waals surface area contributed by atoms with E-state index in [0.29, 0.717) is 5.75 Å². The number of hydrogen-bond donors (Lipinski definition) is 3. The fourth-order valence-electron chi connectivity index (χ4n) is 1.31. The second kappa shape index (κ2) is 6.02. The molecular formula is C12H15NO5. The van der Waals surface area contributed by atoms with Crippen molar-refractivity contribution in [2.75, 3.05) is 0 Å². The van der Waals surface area contributed by atoms with Crippen LogP contribution in [0, 0.1) is 6.92 Å². The molecule has 0 saturated heterocycles. The van der Waals surface area contributed by atoms with Crippen molar-refractivity contribution in [3.63, 3.8) is 0 Å². The van der Waals surface area contributed by atoms with Gasteiger partial charge in [-0.3, -0.25) is 4.79 Å². The summed E-state index contributed by atoms with van der Waals surface area (Å²) in [6.45, 7) is 1.89. The molecule has 6 heteroatoms. The number of nitrogens with two attached hydrogens (primary N) is 1. The van der Waals surface area contributed by atoms with E-state index in [1.165, 1.54) is 0 Å². The Kier molecular flexibility index (Phi) is 4.67. The normalized spacial score (nSPS) is 13.7. The lowest BCUT2D eigenvalue weighted by atomic mass is 10.1. The van der Waals surface area contributed by atoms with Crippen LogP contribution in [0.2, 0.25) is 0 Å². The van der Waals surface area contributed by atoms with E-state index in [0.717, 1.165) is 5.56 Å². The lowest BCUT2D eigenvalue weighted by Crippen LogP contribution is -2.39. The highest BCUT2D eigenvalue weighted by Crippen LogP contribution is 2.15. The van der Waals surface area contributed by atoms with Gasteiger partial charge >= 0.3 is 11.9 Å². The molecule has 0 amide bonds. The molecule has 1 aromatic carbocycles. The fraction of sp³-hybridized carbons (Fsp3) is 0.333. The number of aliphatic carboxylic acids is 2. The summed E-state index contributed by atoms with van der Waals surface area (Å²) < 4.78 is 5.21. The molecule has 0 saturated carbocycles. The SMILES string of the molecule is Cc1ccc(O[C@@H](C[C@H](N)C(=O)O)C(=O)O)cc1. The molecule has 1 rings (SSSR count). The van der Waals surface area contributed by atoms with Crippen LogP contribution in [-0.2, 0) is 9.59 Å². The lowest BCUT2D eigenvalue weighted by molar-refractivity contribution is -0.146. The van der Waals surface area contributed by atoms with E-state index in [1.807, 2.05) is 6.92 Å². The second-order valence-electron chi connectivity index (χ2n) is 3.94. The number of carboxylic acids is 2. The minimum atomic E-state index is -1.28. The predicted octanol–water partition coefficient (Wildman–Crippen LogP) is 0.629. The first-order chi connectivity index (χ1) is 8.40. The van der Waals surface area contributed by atoms with Crippen molar-refractivity contribution in [2.45, 2.75) is 25.5 Å². The molecule has 0 fully saturated rings. The van der Waals surface area contributed by atoms with Gasteiger partial charge in [0.1, 0.15) is 11.8 Å². The third kappa shape index (κ3) is 4.06. The summed E-state index contributed by atoms with van der Waals surface area (Å²) in [4.78, 5) is 21.5. The Morgan fingerprint density at radius 3 is 2.22 bits per heavy atom. The average molecular weight is 253 g/mol. The maximum atomic E-state index is 11.0. The third-order valence-electron chi connectivity index (χ3n) is 2.36. The van der Waals surface area contributed by atoms with Crippen molar-refractivity contribution < 1.29 is 24.5 Å². The van der Waals surface area contributed by atoms with Crippen molar-refractivity contribution in [3.8, 4) is 5.75 Å². The number of rotatable bonds is 6. The molecule has 4 N–H and O–H groups in total. The van der Waals surface area contributed by atoms with E-state index in [4.69, 9.17) is 20.7 Å². The molecule has 0 aliphatic heterocycles. The molecule has 0 bridgehead atoms. The summed E-state index contributed by atoms with van der Waals surface area (Å²) in [6.07, 6.45) is -1.57. The average Bonchev–Trinajstić information content (AvgIpc) is 2.30. The van der Waals surface area contributed by atoms with E-state index >= 15 is 0 Å². The Bertz CT molecular complexity index is 429. The molecule has 2 atom stereocenters. The minimum absolute atomic E-state index is 0.293. The van der Waals surface area contributed by atoms with Crippen molar-refractivity contribution in [2.24, 2.45) is 5.73 Å². The maximum absolute atomic E-state index is 11.0. The zero-order chi connectivity index (χ0) is 13.7. The zero-order valence-electron chi connectivity index (χ0n) is 9.87. The molecule has 0 heterocycles. The van der Waals surface area contributed by atoms with Crippen molar-refractivity contribution >= 4 is 11.9 Å². The molecule has 18 heavy (non-hydrogen) atoms. The van der Waals surface area contributed by atoms with Crippen LogP contribution in [0.3, 0.4) is 0 Å². The van der Waals surface area contributed by atoms with Crippen LogP contribution in [-0.4, -0.2) is 34.3 Å². The summed E-state index contributed by atoms with van der Waals surface area (Å²) in [7, 11) is 0. The summed E-state index contributed by atoms with van der Waals surface area (Å²) in [6, 6.07) is 5.52. The first-order valence-electron chi connectivity index (χ1n) is 5.34. The Balaban J connectivity index is 2.71. The van der Waals surface area contributed by atoms with Crippen molar-refractivity contribution in [3.05, 3.63) is 29.8 Å². The van der Waals surface area contributed by atoms with Crippen molar-refractivity contribution in [1.29, 1.82) is 0 Å². The van der Waals surface area contributed by atoms with Gasteiger partial charge in [-0.1, -0.05) is 17.7 Å². The van der Waals surface area contributed by atoms with E-state index < -0.39 is 24.1 Å². The number of hydrogen-bond acceptors (Lipinski definition) is 4. The maximum Gasteiger partial charge on any atom is 0.344 e. The van der Waals surface area contributed by atoms with E-state index in [2.05, 4.69) is 0 Å². The van der Waals surface area contributed by atoms with Gasteiger partial charge in [-0.05, 0) is 19.1 Å². The van der Waals surface area contributed by atoms with E-state index in [1.54, 1.807) is 24.3 Å². The molecule has 0 aliphatic carbocycles. The Labute approximate surface area is 104 Å². The summed E-state index contributed by atoms with van der Waals surface area (Å²) in [5.74, 6) is -2.13. The predicted molar refractivity (Wildman–Crippen MR) is 63.5 cm³/mol. The van der Waals surface area contributed by atoms with Gasteiger partial charge in [0.05, 0.1) is 0 Å². The van der Waals surface area contributed by atoms with Gasteiger partial charge in [0.2, 0.25) is 0 Å². The van der Waals surface area contributed by atoms with Gasteiger partial charge < -0.3 is 20.7 Å². The van der Waals surface area contributed by atoms with E-state index in [9.17, 15) is 9.59 Å². The Morgan fingerprint density at radius 2 is 1.78 bits per heavy atom. The molecule has 0 radical (unpaired) electrons. The van der Waals surface area contributed by atoms with E-state index in [-0.39, 0.29) is 6.42 Å². The third-order valence-corrected chi connectivity index (χ3v) is 2.36. The Morgan fingerprint density at radius 1 is 1.22 bits per heavy atom. The van der Waals surface area contributed by atoms with Gasteiger partial charge in [0.25, 0.3) is 0 Å². The van der Waals surface area contributed by atoms with Gasteiger partial charge in [-0.2, -0.15) is 0 Å². The highest BCUT2D eigenvalue weighted by atomic mass is 16.5. The summed E-state index contributed by atoms with van der Waals surface area (Å²) >= 11 is 0. The smallest absolute Gasteiger partial charge is 0.344 e. The lowest BCUT2D eigenvalue weighted by Gasteiger charge is -2.17. The molecule has 1 aromatic rings. The summed E-state index contributed by atoms with van der Waals surface area (Å²) in [5.41, 5.74) is 6.30. The number of carboxylic acid groups (broad SMARTS) is 2. The number of carbonyl (C=O) groups is 2. The topological polar surface area (TPSA) is 110 Å². The molecule has 6 nitrogen and oxygen atoms in total. The first kappa shape index (κ1) is 14.0. The van der Waals surface area contributed by atoms with Crippen LogP contribution in [0.5, 0.6) is 5.75 Å². The largest absolute Gasteiger partial charge is 0.480 e. The van der Waals surface area contributed by atoms with Crippen LogP contribution in [0.4, 0.5) is 0 Å². The van der Waals surface area contributed by atoms with Crippen LogP contribution >= 0.6 is 0 Å². The number of aryl methyl sites for hydroxylation is 1. The van der Waals surface area contributed by atoms with Crippen LogP contribution < -0.4 is 10.5 Å². The minimum Gasteiger partial charge on any atom is -0.480 e. The van der Waals surface area contributed by atoms with Crippen molar-refractivity contribution in [1.82, 2.24) is 0 Å². The van der Waals surface area contributed by atoms with Gasteiger partial charge in [0, 0.05) is 6.42 Å². The van der Waals surface area contributed by atoms with Gasteiger partial charge in [0.15, 0.2) is 6.10 Å². The number of ether oxygens (including phenoxy) is 1. The number of benzene rings is 1.